The van der Waals surface area contributed by atoms with Crippen molar-refractivity contribution < 1.29 is 14.3 Å². The van der Waals surface area contributed by atoms with Crippen LogP contribution >= 0.6 is 0 Å². The van der Waals surface area contributed by atoms with E-state index in [2.05, 4.69) is 5.32 Å². The normalized spacial score (nSPS) is 14.0. The molecule has 20 heavy (non-hydrogen) atoms. The maximum Gasteiger partial charge on any atom is 0.244 e. The van der Waals surface area contributed by atoms with Crippen molar-refractivity contribution in [1.29, 1.82) is 0 Å². The minimum Gasteiger partial charge on any atom is -0.387 e. The van der Waals surface area contributed by atoms with Gasteiger partial charge in [0.1, 0.15) is 5.82 Å². The van der Waals surface area contributed by atoms with E-state index < -0.39 is 6.10 Å². The number of aliphatic hydroxyl groups is 1. The van der Waals surface area contributed by atoms with Crippen LogP contribution in [0.3, 0.4) is 0 Å². The first kappa shape index (κ1) is 16.4. The van der Waals surface area contributed by atoms with Crippen LogP contribution in [0.25, 0.3) is 0 Å². The van der Waals surface area contributed by atoms with E-state index in [1.54, 1.807) is 0 Å². The second kappa shape index (κ2) is 6.66. The lowest BCUT2D eigenvalue weighted by atomic mass is 9.87. The van der Waals surface area contributed by atoms with E-state index in [1.165, 1.54) is 30.3 Å². The number of halogens is 1. The van der Waals surface area contributed by atoms with Gasteiger partial charge in [0.2, 0.25) is 5.91 Å². The molecule has 110 valence electrons. The maximum absolute atomic E-state index is 12.8. The summed E-state index contributed by atoms with van der Waals surface area (Å²) in [5.74, 6) is -0.590. The molecule has 0 aliphatic carbocycles. The Hall–Kier alpha value is -1.68. The fraction of sp³-hybridized carbons (Fsp3) is 0.438. The van der Waals surface area contributed by atoms with E-state index in [0.29, 0.717) is 5.56 Å². The summed E-state index contributed by atoms with van der Waals surface area (Å²) in [6.45, 7) is 8.08. The molecule has 0 aliphatic heterocycles. The molecular formula is C16H22FNO2. The van der Waals surface area contributed by atoms with Gasteiger partial charge in [-0.15, -0.1) is 0 Å². The van der Waals surface area contributed by atoms with Gasteiger partial charge in [-0.05, 0) is 30.0 Å². The Balaban J connectivity index is 2.55. The first-order valence-corrected chi connectivity index (χ1v) is 6.60. The summed E-state index contributed by atoms with van der Waals surface area (Å²) >= 11 is 0. The van der Waals surface area contributed by atoms with Crippen LogP contribution in [0.15, 0.2) is 35.9 Å². The van der Waals surface area contributed by atoms with E-state index in [-0.39, 0.29) is 23.7 Å². The smallest absolute Gasteiger partial charge is 0.244 e. The van der Waals surface area contributed by atoms with Crippen molar-refractivity contribution in [2.75, 3.05) is 6.54 Å². The Bertz CT molecular complexity index is 486. The summed E-state index contributed by atoms with van der Waals surface area (Å²) in [5, 5.41) is 12.5. The molecule has 0 saturated carbocycles. The lowest BCUT2D eigenvalue weighted by molar-refractivity contribution is -0.117. The SMILES string of the molecule is C/C(=C/C(=O)NCC(O)c1ccc(F)cc1)C(C)(C)C. The monoisotopic (exact) mass is 279 g/mol. The van der Waals surface area contributed by atoms with Gasteiger partial charge in [0, 0.05) is 12.6 Å². The van der Waals surface area contributed by atoms with Crippen LogP contribution in [0, 0.1) is 11.2 Å². The van der Waals surface area contributed by atoms with Crippen molar-refractivity contribution in [2.45, 2.75) is 33.8 Å². The third kappa shape index (κ3) is 5.13. The molecule has 3 nitrogen and oxygen atoms in total. The number of rotatable bonds is 4. The van der Waals surface area contributed by atoms with E-state index >= 15 is 0 Å². The van der Waals surface area contributed by atoms with Gasteiger partial charge >= 0.3 is 0 Å². The summed E-state index contributed by atoms with van der Waals surface area (Å²) in [7, 11) is 0. The van der Waals surface area contributed by atoms with Crippen molar-refractivity contribution >= 4 is 5.91 Å². The first-order valence-electron chi connectivity index (χ1n) is 6.60. The standard InChI is InChI=1S/C16H22FNO2/c1-11(16(2,3)4)9-15(20)18-10-14(19)12-5-7-13(17)8-6-12/h5-9,14,19H,10H2,1-4H3,(H,18,20)/b11-9-. The molecule has 0 aliphatic rings. The third-order valence-corrected chi connectivity index (χ3v) is 3.26. The van der Waals surface area contributed by atoms with Gasteiger partial charge in [-0.2, -0.15) is 0 Å². The molecule has 4 heteroatoms. The van der Waals surface area contributed by atoms with Gasteiger partial charge in [0.05, 0.1) is 6.10 Å². The van der Waals surface area contributed by atoms with Gasteiger partial charge in [-0.3, -0.25) is 4.79 Å². The molecule has 1 rings (SSSR count). The van der Waals surface area contributed by atoms with Crippen molar-refractivity contribution in [3.05, 3.63) is 47.3 Å². The molecule has 0 spiro atoms. The molecule has 1 unspecified atom stereocenters. The summed E-state index contributed by atoms with van der Waals surface area (Å²) < 4.78 is 12.8. The van der Waals surface area contributed by atoms with E-state index in [4.69, 9.17) is 0 Å². The molecule has 0 aromatic heterocycles. The highest BCUT2D eigenvalue weighted by Gasteiger charge is 2.14. The summed E-state index contributed by atoms with van der Waals surface area (Å²) in [6, 6.07) is 5.57. The van der Waals surface area contributed by atoms with Crippen LogP contribution in [0.4, 0.5) is 4.39 Å². The van der Waals surface area contributed by atoms with Crippen molar-refractivity contribution in [3.8, 4) is 0 Å². The number of nitrogens with one attached hydrogen (secondary N) is 1. The summed E-state index contributed by atoms with van der Waals surface area (Å²) in [5.41, 5.74) is 1.47. The van der Waals surface area contributed by atoms with Gasteiger partial charge in [0.15, 0.2) is 0 Å². The first-order chi connectivity index (χ1) is 9.20. The fourth-order valence-electron chi connectivity index (χ4n) is 1.46. The van der Waals surface area contributed by atoms with Crippen LogP contribution < -0.4 is 5.32 Å². The molecule has 0 fully saturated rings. The summed E-state index contributed by atoms with van der Waals surface area (Å²) in [4.78, 5) is 11.7. The number of allylic oxidation sites excluding steroid dienone is 1. The zero-order chi connectivity index (χ0) is 15.3. The van der Waals surface area contributed by atoms with Crippen LogP contribution in [-0.2, 0) is 4.79 Å². The number of carbonyl (C=O) groups excluding carboxylic acids is 1. The van der Waals surface area contributed by atoms with Gasteiger partial charge < -0.3 is 10.4 Å². The van der Waals surface area contributed by atoms with Crippen LogP contribution in [0.2, 0.25) is 0 Å². The van der Waals surface area contributed by atoms with Crippen LogP contribution in [0.1, 0.15) is 39.4 Å². The van der Waals surface area contributed by atoms with Crippen molar-refractivity contribution in [2.24, 2.45) is 5.41 Å². The second-order valence-electron chi connectivity index (χ2n) is 5.89. The quantitative estimate of drug-likeness (QED) is 0.832. The molecule has 0 radical (unpaired) electrons. The highest BCUT2D eigenvalue weighted by molar-refractivity contribution is 5.88. The van der Waals surface area contributed by atoms with E-state index in [9.17, 15) is 14.3 Å². The Morgan fingerprint density at radius 3 is 2.40 bits per heavy atom. The van der Waals surface area contributed by atoms with Crippen LogP contribution in [0.5, 0.6) is 0 Å². The number of benzene rings is 1. The minimum atomic E-state index is -0.845. The average Bonchev–Trinajstić information content (AvgIpc) is 2.35. The predicted molar refractivity (Wildman–Crippen MR) is 77.6 cm³/mol. The maximum atomic E-state index is 12.8. The highest BCUT2D eigenvalue weighted by atomic mass is 19.1. The van der Waals surface area contributed by atoms with E-state index in [1.807, 2.05) is 27.7 Å². The molecule has 1 amide bonds. The lowest BCUT2D eigenvalue weighted by Gasteiger charge is -2.19. The molecule has 2 N–H and O–H groups in total. The lowest BCUT2D eigenvalue weighted by Crippen LogP contribution is -2.27. The third-order valence-electron chi connectivity index (χ3n) is 3.26. The average molecular weight is 279 g/mol. The largest absolute Gasteiger partial charge is 0.387 e. The number of amides is 1. The molecule has 1 atom stereocenters. The Labute approximate surface area is 119 Å². The zero-order valence-electron chi connectivity index (χ0n) is 12.4. The molecule has 1 aromatic rings. The fourth-order valence-corrected chi connectivity index (χ4v) is 1.46. The van der Waals surface area contributed by atoms with Gasteiger partial charge in [-0.25, -0.2) is 4.39 Å². The number of carbonyl (C=O) groups is 1. The highest BCUT2D eigenvalue weighted by Crippen LogP contribution is 2.23. The second-order valence-corrected chi connectivity index (χ2v) is 5.89. The Kier molecular flexibility index (Phi) is 5.45. The zero-order valence-corrected chi connectivity index (χ0v) is 12.4. The molecule has 0 saturated heterocycles. The van der Waals surface area contributed by atoms with Gasteiger partial charge in [-0.1, -0.05) is 38.5 Å². The topological polar surface area (TPSA) is 49.3 Å². The molecule has 0 bridgehead atoms. The number of hydrogen-bond donors (Lipinski definition) is 2. The van der Waals surface area contributed by atoms with Crippen molar-refractivity contribution in [3.63, 3.8) is 0 Å². The van der Waals surface area contributed by atoms with Crippen molar-refractivity contribution in [1.82, 2.24) is 5.32 Å². The van der Waals surface area contributed by atoms with Gasteiger partial charge in [0.25, 0.3) is 0 Å². The molecular weight excluding hydrogens is 257 g/mol. The Morgan fingerprint density at radius 2 is 1.90 bits per heavy atom. The van der Waals surface area contributed by atoms with Crippen LogP contribution in [-0.4, -0.2) is 17.6 Å². The number of aliphatic hydroxyl groups excluding tert-OH is 1. The Morgan fingerprint density at radius 1 is 1.35 bits per heavy atom. The minimum absolute atomic E-state index is 0.0626. The summed E-state index contributed by atoms with van der Waals surface area (Å²) in [6.07, 6.45) is 0.695. The predicted octanol–water partition coefficient (Wildman–Crippen LogP) is 2.97. The number of hydrogen-bond acceptors (Lipinski definition) is 2. The van der Waals surface area contributed by atoms with E-state index in [0.717, 1.165) is 5.57 Å². The molecule has 1 aromatic carbocycles. The molecule has 0 heterocycles.